The number of amides is 2. The fourth-order valence-corrected chi connectivity index (χ4v) is 3.25. The SMILES string of the molecule is Cc1ccc2c(c1)[C@@](O)([C@H]1SC(N)=NC1=O)C(=O)N2. The number of nitrogens with two attached hydrogens (primary N) is 1. The van der Waals surface area contributed by atoms with Gasteiger partial charge in [0, 0.05) is 11.3 Å². The fourth-order valence-electron chi connectivity index (χ4n) is 2.31. The minimum atomic E-state index is -1.92. The number of nitrogens with one attached hydrogen (secondary N) is 1. The Balaban J connectivity index is 2.13. The van der Waals surface area contributed by atoms with E-state index in [0.717, 1.165) is 17.3 Å². The van der Waals surface area contributed by atoms with E-state index in [4.69, 9.17) is 5.73 Å². The molecule has 7 heteroatoms. The number of anilines is 1. The number of fused-ring (bicyclic) bond motifs is 1. The largest absolute Gasteiger partial charge is 0.378 e. The summed E-state index contributed by atoms with van der Waals surface area (Å²) in [7, 11) is 0. The van der Waals surface area contributed by atoms with Crippen molar-refractivity contribution in [1.29, 1.82) is 0 Å². The third-order valence-electron chi connectivity index (χ3n) is 3.24. The Morgan fingerprint density at radius 1 is 1.47 bits per heavy atom. The predicted molar refractivity (Wildman–Crippen MR) is 71.7 cm³/mol. The van der Waals surface area contributed by atoms with E-state index in [0.29, 0.717) is 11.3 Å². The van der Waals surface area contributed by atoms with Crippen LogP contribution in [0.15, 0.2) is 23.2 Å². The highest BCUT2D eigenvalue weighted by Gasteiger charge is 2.56. The maximum absolute atomic E-state index is 12.1. The molecule has 2 aliphatic heterocycles. The lowest BCUT2D eigenvalue weighted by Gasteiger charge is -2.25. The lowest BCUT2D eigenvalue weighted by atomic mass is 9.90. The summed E-state index contributed by atoms with van der Waals surface area (Å²) in [6.45, 7) is 1.85. The lowest BCUT2D eigenvalue weighted by molar-refractivity contribution is -0.138. The molecule has 6 nitrogen and oxygen atoms in total. The van der Waals surface area contributed by atoms with Crippen LogP contribution in [-0.4, -0.2) is 27.3 Å². The number of benzene rings is 1. The van der Waals surface area contributed by atoms with E-state index >= 15 is 0 Å². The third-order valence-corrected chi connectivity index (χ3v) is 4.35. The Kier molecular flexibility index (Phi) is 2.45. The number of carbonyl (C=O) groups excluding carboxylic acids is 2. The molecule has 0 bridgehead atoms. The Morgan fingerprint density at radius 3 is 2.84 bits per heavy atom. The number of carbonyl (C=O) groups is 2. The monoisotopic (exact) mass is 277 g/mol. The van der Waals surface area contributed by atoms with E-state index in [1.54, 1.807) is 12.1 Å². The van der Waals surface area contributed by atoms with Crippen LogP contribution >= 0.6 is 11.8 Å². The Morgan fingerprint density at radius 2 is 2.21 bits per heavy atom. The molecule has 0 unspecified atom stereocenters. The maximum Gasteiger partial charge on any atom is 0.265 e. The first-order chi connectivity index (χ1) is 8.92. The first-order valence-electron chi connectivity index (χ1n) is 5.62. The van der Waals surface area contributed by atoms with Gasteiger partial charge < -0.3 is 16.2 Å². The van der Waals surface area contributed by atoms with Gasteiger partial charge in [0.1, 0.15) is 5.25 Å². The van der Waals surface area contributed by atoms with Gasteiger partial charge in [0.15, 0.2) is 10.8 Å². The van der Waals surface area contributed by atoms with E-state index < -0.39 is 22.7 Å². The fraction of sp³-hybridized carbons (Fsp3) is 0.250. The van der Waals surface area contributed by atoms with Gasteiger partial charge in [0.05, 0.1) is 0 Å². The van der Waals surface area contributed by atoms with Gasteiger partial charge in [0.2, 0.25) is 0 Å². The number of thioether (sulfide) groups is 1. The lowest BCUT2D eigenvalue weighted by Crippen LogP contribution is -2.46. The number of nitrogens with zero attached hydrogens (tertiary/aromatic N) is 1. The second-order valence-electron chi connectivity index (χ2n) is 4.56. The van der Waals surface area contributed by atoms with Crippen molar-refractivity contribution in [1.82, 2.24) is 0 Å². The van der Waals surface area contributed by atoms with Gasteiger partial charge in [0.25, 0.3) is 11.8 Å². The van der Waals surface area contributed by atoms with Gasteiger partial charge in [-0.15, -0.1) is 0 Å². The molecule has 19 heavy (non-hydrogen) atoms. The molecule has 2 amide bonds. The highest BCUT2D eigenvalue weighted by atomic mass is 32.2. The summed E-state index contributed by atoms with van der Waals surface area (Å²) in [5.41, 5.74) is 5.36. The molecule has 0 fully saturated rings. The van der Waals surface area contributed by atoms with Crippen LogP contribution in [0.1, 0.15) is 11.1 Å². The molecule has 0 saturated carbocycles. The van der Waals surface area contributed by atoms with Crippen molar-refractivity contribution >= 4 is 34.4 Å². The van der Waals surface area contributed by atoms with Crippen LogP contribution in [-0.2, 0) is 15.2 Å². The van der Waals surface area contributed by atoms with Gasteiger partial charge in [-0.25, -0.2) is 0 Å². The van der Waals surface area contributed by atoms with Crippen molar-refractivity contribution in [3.05, 3.63) is 29.3 Å². The molecule has 1 aromatic carbocycles. The summed E-state index contributed by atoms with van der Waals surface area (Å²) < 4.78 is 0. The molecule has 3 rings (SSSR count). The summed E-state index contributed by atoms with van der Waals surface area (Å²) in [4.78, 5) is 27.4. The molecular formula is C12H11N3O3S. The molecular weight excluding hydrogens is 266 g/mol. The Hall–Kier alpha value is -1.86. The zero-order valence-corrected chi connectivity index (χ0v) is 10.8. The normalized spacial score (nSPS) is 29.2. The molecule has 0 saturated heterocycles. The zero-order valence-electron chi connectivity index (χ0n) is 10.0. The standard InChI is InChI=1S/C12H11N3O3S/c1-5-2-3-7-6(4-5)12(18,10(17)14-7)8-9(16)15-11(13)19-8/h2-4,8,18H,1H3,(H,14,17)(H2,13,15,16)/t8-,12+/m0/s1. The number of hydrogen-bond acceptors (Lipinski definition) is 5. The molecule has 0 aliphatic carbocycles. The number of hydrogen-bond donors (Lipinski definition) is 3. The van der Waals surface area contributed by atoms with E-state index in [2.05, 4.69) is 10.3 Å². The van der Waals surface area contributed by atoms with Crippen LogP contribution in [0.5, 0.6) is 0 Å². The van der Waals surface area contributed by atoms with Crippen molar-refractivity contribution in [2.45, 2.75) is 17.8 Å². The summed E-state index contributed by atoms with van der Waals surface area (Å²) in [6.07, 6.45) is 0. The molecule has 2 atom stereocenters. The molecule has 4 N–H and O–H groups in total. The average Bonchev–Trinajstić information content (AvgIpc) is 2.80. The van der Waals surface area contributed by atoms with Gasteiger partial charge in [-0.05, 0) is 13.0 Å². The van der Waals surface area contributed by atoms with Crippen LogP contribution in [0, 0.1) is 6.92 Å². The van der Waals surface area contributed by atoms with Gasteiger partial charge in [-0.3, -0.25) is 9.59 Å². The summed E-state index contributed by atoms with van der Waals surface area (Å²) in [5, 5.41) is 12.4. The third kappa shape index (κ3) is 1.58. The predicted octanol–water partition coefficient (Wildman–Crippen LogP) is 0.0914. The van der Waals surface area contributed by atoms with Crippen molar-refractivity contribution in [2.24, 2.45) is 10.7 Å². The van der Waals surface area contributed by atoms with Crippen LogP contribution < -0.4 is 11.1 Å². The first-order valence-corrected chi connectivity index (χ1v) is 6.50. The number of rotatable bonds is 1. The number of amidine groups is 1. The molecule has 2 aliphatic rings. The van der Waals surface area contributed by atoms with Crippen LogP contribution in [0.2, 0.25) is 0 Å². The molecule has 2 heterocycles. The van der Waals surface area contributed by atoms with Gasteiger partial charge in [-0.2, -0.15) is 4.99 Å². The number of aliphatic imine (C=N–C) groups is 1. The number of aryl methyl sites for hydroxylation is 1. The molecule has 1 aromatic rings. The molecule has 0 aromatic heterocycles. The van der Waals surface area contributed by atoms with Gasteiger partial charge >= 0.3 is 0 Å². The molecule has 0 spiro atoms. The topological polar surface area (TPSA) is 105 Å². The smallest absolute Gasteiger partial charge is 0.265 e. The second-order valence-corrected chi connectivity index (χ2v) is 5.68. The second kappa shape index (κ2) is 3.82. The Labute approximate surface area is 113 Å². The van der Waals surface area contributed by atoms with E-state index in [1.807, 2.05) is 13.0 Å². The summed E-state index contributed by atoms with van der Waals surface area (Å²) in [5.74, 6) is -1.21. The van der Waals surface area contributed by atoms with Crippen molar-refractivity contribution in [3.8, 4) is 0 Å². The van der Waals surface area contributed by atoms with Crippen molar-refractivity contribution in [2.75, 3.05) is 5.32 Å². The van der Waals surface area contributed by atoms with E-state index in [1.165, 1.54) is 0 Å². The zero-order chi connectivity index (χ0) is 13.8. The van der Waals surface area contributed by atoms with Crippen molar-refractivity contribution in [3.63, 3.8) is 0 Å². The first kappa shape index (κ1) is 12.2. The number of aliphatic hydroxyl groups is 1. The van der Waals surface area contributed by atoms with Crippen LogP contribution in [0.4, 0.5) is 5.69 Å². The molecule has 0 radical (unpaired) electrons. The maximum atomic E-state index is 12.1. The van der Waals surface area contributed by atoms with Crippen LogP contribution in [0.25, 0.3) is 0 Å². The van der Waals surface area contributed by atoms with E-state index in [9.17, 15) is 14.7 Å². The highest BCUT2D eigenvalue weighted by molar-refractivity contribution is 8.15. The van der Waals surface area contributed by atoms with E-state index in [-0.39, 0.29) is 5.17 Å². The quantitative estimate of drug-likeness (QED) is 0.675. The van der Waals surface area contributed by atoms with Crippen molar-refractivity contribution < 1.29 is 14.7 Å². The van der Waals surface area contributed by atoms with Gasteiger partial charge in [-0.1, -0.05) is 29.5 Å². The minimum Gasteiger partial charge on any atom is -0.378 e. The Bertz CT molecular complexity index is 643. The minimum absolute atomic E-state index is 0.0670. The average molecular weight is 277 g/mol. The highest BCUT2D eigenvalue weighted by Crippen LogP contribution is 2.44. The van der Waals surface area contributed by atoms with Crippen LogP contribution in [0.3, 0.4) is 0 Å². The summed E-state index contributed by atoms with van der Waals surface area (Å²) in [6, 6.07) is 5.21. The molecule has 98 valence electrons. The summed E-state index contributed by atoms with van der Waals surface area (Å²) >= 11 is 0.910.